The van der Waals surface area contributed by atoms with Crippen molar-refractivity contribution < 1.29 is 18.0 Å². The molecule has 7 nitrogen and oxygen atoms in total. The molecule has 1 fully saturated rings. The Morgan fingerprint density at radius 1 is 1.06 bits per heavy atom. The average molecular weight is 485 g/mol. The maximum Gasteiger partial charge on any atom is 0.433 e. The van der Waals surface area contributed by atoms with Crippen LogP contribution in [-0.2, 0) is 16.4 Å². The molecule has 0 aliphatic heterocycles. The first-order chi connectivity index (χ1) is 16.3. The third-order valence-electron chi connectivity index (χ3n) is 5.79. The van der Waals surface area contributed by atoms with E-state index in [2.05, 4.69) is 30.9 Å². The van der Waals surface area contributed by atoms with E-state index in [1.807, 2.05) is 6.07 Å². The van der Waals surface area contributed by atoms with Crippen LogP contribution in [0.15, 0.2) is 60.8 Å². The van der Waals surface area contributed by atoms with Crippen LogP contribution in [0, 0.1) is 0 Å². The number of halogens is 4. The Balaban J connectivity index is 1.50. The lowest BCUT2D eigenvalue weighted by Gasteiger charge is -2.17. The summed E-state index contributed by atoms with van der Waals surface area (Å²) in [4.78, 5) is 16.6. The van der Waals surface area contributed by atoms with Crippen LogP contribution >= 0.6 is 11.6 Å². The molecule has 0 bridgehead atoms. The number of carbonyl (C=O) groups excluding carboxylic acids is 1. The molecule has 2 aromatic carbocycles. The number of hydrogen-bond acceptors (Lipinski definition) is 5. The molecule has 2 aromatic heterocycles. The summed E-state index contributed by atoms with van der Waals surface area (Å²) >= 11 is 6.11. The van der Waals surface area contributed by atoms with Crippen LogP contribution < -0.4 is 5.32 Å². The van der Waals surface area contributed by atoms with Crippen molar-refractivity contribution in [3.63, 3.8) is 0 Å². The fraction of sp³-hybridized carbons (Fsp3) is 0.174. The standard InChI is InChI=1S/C23H16ClF3N6O/c24-15-3-1-2-14(11-15)22(7-8-22)21(34)29-16-4-5-17(18(12-16)20-30-32-33-31-20)13-6-9-28-19(10-13)23(25,26)27/h1-6,9-12H,7-8H2,(H,29,34)(H,30,31,32,33). The third kappa shape index (κ3) is 4.12. The number of pyridine rings is 1. The van der Waals surface area contributed by atoms with Crippen LogP contribution in [0.2, 0.25) is 5.02 Å². The number of aromatic amines is 1. The molecule has 172 valence electrons. The van der Waals surface area contributed by atoms with Gasteiger partial charge in [0.05, 0.1) is 5.41 Å². The van der Waals surface area contributed by atoms with Crippen LogP contribution in [0.4, 0.5) is 18.9 Å². The van der Waals surface area contributed by atoms with Crippen molar-refractivity contribution in [1.82, 2.24) is 25.6 Å². The van der Waals surface area contributed by atoms with E-state index in [-0.39, 0.29) is 17.3 Å². The zero-order chi connectivity index (χ0) is 23.9. The Morgan fingerprint density at radius 2 is 1.88 bits per heavy atom. The normalized spacial score (nSPS) is 14.6. The van der Waals surface area contributed by atoms with Gasteiger partial charge in [-0.1, -0.05) is 29.8 Å². The Bertz CT molecular complexity index is 1370. The molecule has 1 amide bonds. The molecule has 1 aliphatic rings. The highest BCUT2D eigenvalue weighted by atomic mass is 35.5. The first kappa shape index (κ1) is 22.0. The quantitative estimate of drug-likeness (QED) is 0.402. The number of rotatable bonds is 5. The zero-order valence-corrected chi connectivity index (χ0v) is 18.2. The van der Waals surface area contributed by atoms with E-state index in [0.29, 0.717) is 34.7 Å². The van der Waals surface area contributed by atoms with Crippen molar-refractivity contribution in [3.05, 3.63) is 77.1 Å². The summed E-state index contributed by atoms with van der Waals surface area (Å²) in [7, 11) is 0. The van der Waals surface area contributed by atoms with Gasteiger partial charge < -0.3 is 5.32 Å². The Hall–Kier alpha value is -3.79. The number of tetrazole rings is 1. The van der Waals surface area contributed by atoms with Gasteiger partial charge in [0.1, 0.15) is 5.69 Å². The Labute approximate surface area is 196 Å². The Morgan fingerprint density at radius 3 is 2.56 bits per heavy atom. The first-order valence-corrected chi connectivity index (χ1v) is 10.6. The van der Waals surface area contributed by atoms with Gasteiger partial charge in [-0.3, -0.25) is 9.78 Å². The summed E-state index contributed by atoms with van der Waals surface area (Å²) in [6.45, 7) is 0. The van der Waals surface area contributed by atoms with Crippen molar-refractivity contribution >= 4 is 23.2 Å². The summed E-state index contributed by atoms with van der Waals surface area (Å²) in [5, 5.41) is 17.3. The van der Waals surface area contributed by atoms with E-state index in [9.17, 15) is 18.0 Å². The number of nitrogens with one attached hydrogen (secondary N) is 2. The monoisotopic (exact) mass is 484 g/mol. The van der Waals surface area contributed by atoms with Gasteiger partial charge in [-0.25, -0.2) is 0 Å². The lowest BCUT2D eigenvalue weighted by molar-refractivity contribution is -0.141. The molecule has 1 saturated carbocycles. The molecule has 11 heteroatoms. The van der Waals surface area contributed by atoms with Gasteiger partial charge in [-0.2, -0.15) is 18.4 Å². The highest BCUT2D eigenvalue weighted by molar-refractivity contribution is 6.30. The lowest BCUT2D eigenvalue weighted by Crippen LogP contribution is -2.27. The van der Waals surface area contributed by atoms with Crippen molar-refractivity contribution in [2.24, 2.45) is 0 Å². The topological polar surface area (TPSA) is 96.5 Å². The largest absolute Gasteiger partial charge is 0.433 e. The lowest BCUT2D eigenvalue weighted by atomic mass is 9.94. The summed E-state index contributed by atoms with van der Waals surface area (Å²) in [6, 6.07) is 14.5. The fourth-order valence-electron chi connectivity index (χ4n) is 3.90. The predicted octanol–water partition coefficient (Wildman–Crippen LogP) is 5.27. The predicted molar refractivity (Wildman–Crippen MR) is 119 cm³/mol. The van der Waals surface area contributed by atoms with Gasteiger partial charge in [0.15, 0.2) is 0 Å². The second kappa shape index (κ2) is 8.21. The summed E-state index contributed by atoms with van der Waals surface area (Å²) in [5.74, 6) is -0.0164. The van der Waals surface area contributed by atoms with Crippen LogP contribution in [0.1, 0.15) is 24.1 Å². The molecule has 0 spiro atoms. The number of H-pyrrole nitrogens is 1. The van der Waals surface area contributed by atoms with Crippen LogP contribution in [0.5, 0.6) is 0 Å². The van der Waals surface area contributed by atoms with Crippen molar-refractivity contribution in [3.8, 4) is 22.5 Å². The highest BCUT2D eigenvalue weighted by Gasteiger charge is 2.51. The minimum absolute atomic E-state index is 0.174. The van der Waals surface area contributed by atoms with Crippen LogP contribution in [0.25, 0.3) is 22.5 Å². The number of hydrogen-bond donors (Lipinski definition) is 2. The number of carbonyl (C=O) groups is 1. The molecule has 4 aromatic rings. The average Bonchev–Trinajstić information content (AvgIpc) is 3.45. The van der Waals surface area contributed by atoms with E-state index in [1.54, 1.807) is 36.4 Å². The van der Waals surface area contributed by atoms with E-state index in [1.165, 1.54) is 6.07 Å². The third-order valence-corrected chi connectivity index (χ3v) is 6.02. The van der Waals surface area contributed by atoms with E-state index < -0.39 is 17.3 Å². The molecule has 0 saturated heterocycles. The molecule has 2 heterocycles. The highest BCUT2D eigenvalue weighted by Crippen LogP contribution is 2.49. The van der Waals surface area contributed by atoms with Crippen molar-refractivity contribution in [2.75, 3.05) is 5.32 Å². The van der Waals surface area contributed by atoms with Crippen LogP contribution in [0.3, 0.4) is 0 Å². The number of aromatic nitrogens is 5. The number of benzene rings is 2. The smallest absolute Gasteiger partial charge is 0.325 e. The van der Waals surface area contributed by atoms with Gasteiger partial charge in [0.25, 0.3) is 0 Å². The van der Waals surface area contributed by atoms with E-state index in [4.69, 9.17) is 11.6 Å². The maximum atomic E-state index is 13.2. The molecule has 1 aliphatic carbocycles. The van der Waals surface area contributed by atoms with Gasteiger partial charge in [0, 0.05) is 22.5 Å². The minimum atomic E-state index is -4.59. The second-order valence-electron chi connectivity index (χ2n) is 7.97. The SMILES string of the molecule is O=C(Nc1ccc(-c2ccnc(C(F)(F)F)c2)c(-c2nn[nH]n2)c1)C1(c2cccc(Cl)c2)CC1. The van der Waals surface area contributed by atoms with Gasteiger partial charge >= 0.3 is 6.18 Å². The molecule has 0 radical (unpaired) electrons. The summed E-state index contributed by atoms with van der Waals surface area (Å²) < 4.78 is 39.6. The number of anilines is 1. The Kier molecular flexibility index (Phi) is 5.32. The van der Waals surface area contributed by atoms with Gasteiger partial charge in [-0.15, -0.1) is 10.2 Å². The zero-order valence-electron chi connectivity index (χ0n) is 17.4. The molecule has 34 heavy (non-hydrogen) atoms. The molecular weight excluding hydrogens is 469 g/mol. The van der Waals surface area contributed by atoms with Crippen molar-refractivity contribution in [1.29, 1.82) is 0 Å². The minimum Gasteiger partial charge on any atom is -0.325 e. The molecular formula is C23H16ClF3N6O. The number of amides is 1. The maximum absolute atomic E-state index is 13.2. The van der Waals surface area contributed by atoms with E-state index >= 15 is 0 Å². The fourth-order valence-corrected chi connectivity index (χ4v) is 4.09. The molecule has 2 N–H and O–H groups in total. The van der Waals surface area contributed by atoms with Gasteiger partial charge in [0.2, 0.25) is 11.7 Å². The van der Waals surface area contributed by atoms with Crippen LogP contribution in [-0.4, -0.2) is 31.5 Å². The molecule has 0 atom stereocenters. The number of nitrogens with zero attached hydrogens (tertiary/aromatic N) is 4. The molecule has 5 rings (SSSR count). The number of alkyl halides is 3. The van der Waals surface area contributed by atoms with Crippen molar-refractivity contribution in [2.45, 2.75) is 24.4 Å². The molecule has 0 unspecified atom stereocenters. The van der Waals surface area contributed by atoms with Gasteiger partial charge in [-0.05, 0) is 71.1 Å². The van der Waals surface area contributed by atoms with E-state index in [0.717, 1.165) is 17.8 Å². The summed E-state index contributed by atoms with van der Waals surface area (Å²) in [6.07, 6.45) is -2.12. The summed E-state index contributed by atoms with van der Waals surface area (Å²) in [5.41, 5.74) is 0.719. The second-order valence-corrected chi connectivity index (χ2v) is 8.41. The first-order valence-electron chi connectivity index (χ1n) is 10.3.